The normalized spacial score (nSPS) is 17.4. The SMILES string of the molecule is CC(C)(C)[S+]([O-])NC(CC(=O)c1ccc(C2CC2)s1)(c1ccc(OCCCC(F)(F)F)cc1)C(F)(F)F. The van der Waals surface area contributed by atoms with Crippen LogP contribution in [0.3, 0.4) is 0 Å². The Morgan fingerprint density at radius 2 is 1.68 bits per heavy atom. The van der Waals surface area contributed by atoms with Crippen molar-refractivity contribution in [2.45, 2.75) is 81.4 Å². The third kappa shape index (κ3) is 7.87. The van der Waals surface area contributed by atoms with Crippen molar-refractivity contribution in [3.8, 4) is 5.75 Å². The van der Waals surface area contributed by atoms with E-state index in [0.29, 0.717) is 5.92 Å². The lowest BCUT2D eigenvalue weighted by atomic mass is 9.85. The van der Waals surface area contributed by atoms with Gasteiger partial charge < -0.3 is 9.29 Å². The summed E-state index contributed by atoms with van der Waals surface area (Å²) in [5.74, 6) is -0.313. The van der Waals surface area contributed by atoms with Gasteiger partial charge in [-0.25, -0.2) is 0 Å². The maximum atomic E-state index is 14.8. The molecule has 1 aromatic carbocycles. The standard InChI is InChI=1S/C25H29F6NO3S2/c1-22(2,3)37(34)32-23(25(29,30)31,15-19(33)21-12-11-20(36-21)16-5-6-16)17-7-9-18(10-8-17)35-14-4-13-24(26,27)28/h7-12,16,32H,4-6,13-15H2,1-3H3. The van der Waals surface area contributed by atoms with Crippen molar-refractivity contribution >= 4 is 28.5 Å². The van der Waals surface area contributed by atoms with Gasteiger partial charge in [0, 0.05) is 29.1 Å². The molecule has 1 N–H and O–H groups in total. The highest BCUT2D eigenvalue weighted by Crippen LogP contribution is 2.46. The van der Waals surface area contributed by atoms with E-state index in [4.69, 9.17) is 4.74 Å². The van der Waals surface area contributed by atoms with Gasteiger partial charge in [-0.05, 0) is 75.8 Å². The lowest BCUT2D eigenvalue weighted by Gasteiger charge is -2.38. The van der Waals surface area contributed by atoms with Gasteiger partial charge in [0.2, 0.25) is 0 Å². The zero-order chi connectivity index (χ0) is 27.6. The van der Waals surface area contributed by atoms with Crippen LogP contribution in [0, 0.1) is 0 Å². The number of hydrogen-bond acceptors (Lipinski definition) is 5. The predicted octanol–water partition coefficient (Wildman–Crippen LogP) is 7.43. The summed E-state index contributed by atoms with van der Waals surface area (Å²) in [4.78, 5) is 14.3. The lowest BCUT2D eigenvalue weighted by molar-refractivity contribution is -0.194. The summed E-state index contributed by atoms with van der Waals surface area (Å²) < 4.78 is 101. The lowest BCUT2D eigenvalue weighted by Crippen LogP contribution is -2.59. The molecule has 0 aliphatic heterocycles. The highest BCUT2D eigenvalue weighted by atomic mass is 32.2. The topological polar surface area (TPSA) is 61.4 Å². The Bertz CT molecular complexity index is 1060. The Morgan fingerprint density at radius 1 is 1.05 bits per heavy atom. The van der Waals surface area contributed by atoms with E-state index in [1.165, 1.54) is 50.3 Å². The number of ketones is 1. The van der Waals surface area contributed by atoms with Crippen molar-refractivity contribution in [1.29, 1.82) is 0 Å². The van der Waals surface area contributed by atoms with Gasteiger partial charge in [0.1, 0.15) is 10.5 Å². The molecule has 1 aliphatic carbocycles. The fourth-order valence-electron chi connectivity index (χ4n) is 3.55. The van der Waals surface area contributed by atoms with E-state index in [2.05, 4.69) is 4.72 Å². The second-order valence-electron chi connectivity index (χ2n) is 10.1. The molecule has 1 aliphatic rings. The van der Waals surface area contributed by atoms with E-state index in [9.17, 15) is 35.7 Å². The summed E-state index contributed by atoms with van der Waals surface area (Å²) in [5.41, 5.74) is -3.33. The van der Waals surface area contributed by atoms with Crippen LogP contribution in [0.15, 0.2) is 36.4 Å². The molecule has 2 atom stereocenters. The molecule has 0 spiro atoms. The van der Waals surface area contributed by atoms with Crippen LogP contribution >= 0.6 is 11.3 Å². The Hall–Kier alpha value is -1.76. The number of carbonyl (C=O) groups excluding carboxylic acids is 1. The highest BCUT2D eigenvalue weighted by molar-refractivity contribution is 7.90. The number of carbonyl (C=O) groups is 1. The largest absolute Gasteiger partial charge is 0.598 e. The van der Waals surface area contributed by atoms with E-state index in [1.807, 2.05) is 0 Å². The number of hydrogen-bond donors (Lipinski definition) is 1. The van der Waals surface area contributed by atoms with Gasteiger partial charge in [-0.15, -0.1) is 16.1 Å². The minimum atomic E-state index is -5.02. The molecular weight excluding hydrogens is 540 g/mol. The Kier molecular flexibility index (Phi) is 8.98. The number of rotatable bonds is 11. The first kappa shape index (κ1) is 29.8. The molecule has 2 unspecified atom stereocenters. The first-order chi connectivity index (χ1) is 17.0. The third-order valence-corrected chi connectivity index (χ3v) is 8.77. The number of nitrogens with one attached hydrogen (secondary N) is 1. The van der Waals surface area contributed by atoms with Crippen molar-refractivity contribution in [3.63, 3.8) is 0 Å². The second kappa shape index (κ2) is 11.2. The monoisotopic (exact) mass is 569 g/mol. The predicted molar refractivity (Wildman–Crippen MR) is 131 cm³/mol. The quantitative estimate of drug-likeness (QED) is 0.132. The van der Waals surface area contributed by atoms with Crippen molar-refractivity contribution in [2.75, 3.05) is 6.61 Å². The molecule has 37 heavy (non-hydrogen) atoms. The van der Waals surface area contributed by atoms with E-state index < -0.39 is 52.6 Å². The number of thiophene rings is 1. The van der Waals surface area contributed by atoms with Crippen LogP contribution in [0.5, 0.6) is 5.75 Å². The zero-order valence-corrected chi connectivity index (χ0v) is 22.2. The molecule has 4 nitrogen and oxygen atoms in total. The first-order valence-corrected chi connectivity index (χ1v) is 13.7. The molecule has 0 saturated heterocycles. The molecule has 12 heteroatoms. The van der Waals surface area contributed by atoms with Crippen molar-refractivity contribution in [2.24, 2.45) is 0 Å². The van der Waals surface area contributed by atoms with Crippen molar-refractivity contribution in [1.82, 2.24) is 4.72 Å². The molecule has 1 saturated carbocycles. The van der Waals surface area contributed by atoms with E-state index in [0.717, 1.165) is 29.9 Å². The molecule has 0 amide bonds. The number of alkyl halides is 6. The Morgan fingerprint density at radius 3 is 2.19 bits per heavy atom. The van der Waals surface area contributed by atoms with E-state index in [1.54, 1.807) is 6.07 Å². The number of benzene rings is 1. The summed E-state index contributed by atoms with van der Waals surface area (Å²) >= 11 is -1.02. The van der Waals surface area contributed by atoms with Crippen molar-refractivity contribution < 1.29 is 40.4 Å². The molecule has 3 rings (SSSR count). The fraction of sp³-hybridized carbons (Fsp3) is 0.560. The minimum absolute atomic E-state index is 0.0811. The van der Waals surface area contributed by atoms with Crippen molar-refractivity contribution in [3.05, 3.63) is 51.7 Å². The van der Waals surface area contributed by atoms with E-state index >= 15 is 0 Å². The second-order valence-corrected chi connectivity index (χ2v) is 13.1. The molecule has 0 radical (unpaired) electrons. The number of Topliss-reactive ketones (excluding diaryl/α,β-unsaturated/α-hetero) is 1. The minimum Gasteiger partial charge on any atom is -0.598 e. The van der Waals surface area contributed by atoms with Gasteiger partial charge in [0.05, 0.1) is 11.5 Å². The van der Waals surface area contributed by atoms with Crippen LogP contribution in [-0.4, -0.2) is 34.0 Å². The van der Waals surface area contributed by atoms with Crippen LogP contribution in [0.4, 0.5) is 26.3 Å². The Labute approximate surface area is 219 Å². The molecule has 1 aromatic heterocycles. The molecule has 1 heterocycles. The molecular formula is C25H29F6NO3S2. The smallest absolute Gasteiger partial charge is 0.415 e. The van der Waals surface area contributed by atoms with Crippen LogP contribution in [0.25, 0.3) is 0 Å². The highest BCUT2D eigenvalue weighted by Gasteiger charge is 2.61. The number of halogens is 6. The third-order valence-electron chi connectivity index (χ3n) is 5.83. The summed E-state index contributed by atoms with van der Waals surface area (Å²) in [7, 11) is 0. The van der Waals surface area contributed by atoms with Gasteiger partial charge in [0.25, 0.3) is 0 Å². The molecule has 1 fully saturated rings. The fourth-order valence-corrected chi connectivity index (χ4v) is 5.59. The maximum Gasteiger partial charge on any atom is 0.415 e. The molecule has 0 bridgehead atoms. The Balaban J connectivity index is 1.90. The summed E-state index contributed by atoms with van der Waals surface area (Å²) in [6, 6.07) is 7.88. The van der Waals surface area contributed by atoms with Gasteiger partial charge in [0.15, 0.2) is 11.3 Å². The van der Waals surface area contributed by atoms with Crippen LogP contribution < -0.4 is 9.46 Å². The van der Waals surface area contributed by atoms with Crippen LogP contribution in [0.2, 0.25) is 0 Å². The van der Waals surface area contributed by atoms with Gasteiger partial charge >= 0.3 is 12.4 Å². The molecule has 206 valence electrons. The average Bonchev–Trinajstić information content (AvgIpc) is 3.50. The number of ether oxygens (including phenoxy) is 1. The van der Waals surface area contributed by atoms with Gasteiger partial charge in [-0.3, -0.25) is 4.79 Å². The van der Waals surface area contributed by atoms with Crippen LogP contribution in [0.1, 0.15) is 78.9 Å². The zero-order valence-electron chi connectivity index (χ0n) is 20.6. The van der Waals surface area contributed by atoms with E-state index in [-0.39, 0.29) is 29.2 Å². The summed E-state index contributed by atoms with van der Waals surface area (Å²) in [5, 5.41) is 0. The maximum absolute atomic E-state index is 14.8. The van der Waals surface area contributed by atoms with Gasteiger partial charge in [-0.1, -0.05) is 12.1 Å². The molecule has 2 aromatic rings. The summed E-state index contributed by atoms with van der Waals surface area (Å²) in [6.45, 7) is 4.27. The van der Waals surface area contributed by atoms with Gasteiger partial charge in [-0.2, -0.15) is 26.3 Å². The summed E-state index contributed by atoms with van der Waals surface area (Å²) in [6.07, 6.45) is -9.75. The first-order valence-electron chi connectivity index (χ1n) is 11.7. The van der Waals surface area contributed by atoms with Crippen LogP contribution in [-0.2, 0) is 16.9 Å². The average molecular weight is 570 g/mol.